The predicted octanol–water partition coefficient (Wildman–Crippen LogP) is 0.183. The van der Waals surface area contributed by atoms with Gasteiger partial charge in [-0.05, 0) is 19.2 Å². The first-order valence-corrected chi connectivity index (χ1v) is 6.12. The zero-order valence-corrected chi connectivity index (χ0v) is 8.80. The number of rotatable bonds is 2. The van der Waals surface area contributed by atoms with Crippen molar-refractivity contribution in [2.45, 2.75) is 23.8 Å². The molecule has 0 aromatic heterocycles. The maximum Gasteiger partial charge on any atom is 0.0950 e. The van der Waals surface area contributed by atoms with E-state index in [0.717, 1.165) is 18.3 Å². The van der Waals surface area contributed by atoms with Crippen molar-refractivity contribution in [2.24, 2.45) is 0 Å². The van der Waals surface area contributed by atoms with Crippen LogP contribution in [0.5, 0.6) is 0 Å². The van der Waals surface area contributed by atoms with Gasteiger partial charge < -0.3 is 9.84 Å². The van der Waals surface area contributed by atoms with Crippen LogP contribution in [0.2, 0.25) is 0 Å². The highest BCUT2D eigenvalue weighted by molar-refractivity contribution is 7.99. The fourth-order valence-corrected chi connectivity index (χ4v) is 2.81. The summed E-state index contributed by atoms with van der Waals surface area (Å²) in [6, 6.07) is 0.261. The van der Waals surface area contributed by atoms with Crippen LogP contribution < -0.4 is 0 Å². The molecule has 2 fully saturated rings. The van der Waals surface area contributed by atoms with E-state index in [1.54, 1.807) is 0 Å². The normalized spacial score (nSPS) is 41.5. The smallest absolute Gasteiger partial charge is 0.0950 e. The van der Waals surface area contributed by atoms with Crippen LogP contribution in [0.3, 0.4) is 0 Å². The third kappa shape index (κ3) is 2.01. The Bertz CT molecular complexity index is 179. The fraction of sp³-hybridized carbons (Fsp3) is 1.00. The summed E-state index contributed by atoms with van der Waals surface area (Å²) in [6.45, 7) is 3.47. The second-order valence-electron chi connectivity index (χ2n) is 3.81. The van der Waals surface area contributed by atoms with Gasteiger partial charge in [-0.2, -0.15) is 11.8 Å². The van der Waals surface area contributed by atoms with E-state index < -0.39 is 0 Å². The molecule has 3 nitrogen and oxygen atoms in total. The molecule has 13 heavy (non-hydrogen) atoms. The van der Waals surface area contributed by atoms with Crippen molar-refractivity contribution in [1.82, 2.24) is 4.90 Å². The molecule has 1 unspecified atom stereocenters. The average Bonchev–Trinajstić information content (AvgIpc) is 2.71. The van der Waals surface area contributed by atoms with Crippen molar-refractivity contribution in [3.63, 3.8) is 0 Å². The maximum absolute atomic E-state index is 9.63. The van der Waals surface area contributed by atoms with Gasteiger partial charge in [-0.3, -0.25) is 4.90 Å². The summed E-state index contributed by atoms with van der Waals surface area (Å²) in [5.41, 5.74) is 0. The molecule has 2 heterocycles. The lowest BCUT2D eigenvalue weighted by atomic mass is 10.2. The summed E-state index contributed by atoms with van der Waals surface area (Å²) in [4.78, 5) is 2.37. The highest BCUT2D eigenvalue weighted by atomic mass is 32.2. The lowest BCUT2D eigenvalue weighted by Gasteiger charge is -2.24. The van der Waals surface area contributed by atoms with Gasteiger partial charge in [0.1, 0.15) is 0 Å². The number of hydrogen-bond acceptors (Lipinski definition) is 4. The lowest BCUT2D eigenvalue weighted by Crippen LogP contribution is -2.41. The molecule has 0 aromatic rings. The lowest BCUT2D eigenvalue weighted by molar-refractivity contribution is 0.0950. The number of thioether (sulfide) groups is 1. The second kappa shape index (κ2) is 4.17. The van der Waals surface area contributed by atoms with E-state index in [1.807, 2.05) is 11.8 Å². The number of aliphatic hydroxyl groups is 1. The van der Waals surface area contributed by atoms with Crippen LogP contribution in [-0.4, -0.2) is 60.0 Å². The molecule has 2 saturated heterocycles. The summed E-state index contributed by atoms with van der Waals surface area (Å²) in [5.74, 6) is 0. The zero-order chi connectivity index (χ0) is 9.26. The monoisotopic (exact) mass is 203 g/mol. The minimum atomic E-state index is -0.263. The van der Waals surface area contributed by atoms with Crippen LogP contribution in [-0.2, 0) is 4.74 Å². The highest BCUT2D eigenvalue weighted by Gasteiger charge is 2.35. The highest BCUT2D eigenvalue weighted by Crippen LogP contribution is 2.24. The Labute approximate surface area is 83.4 Å². The molecule has 3 atom stereocenters. The van der Waals surface area contributed by atoms with Gasteiger partial charge in [-0.15, -0.1) is 0 Å². The molecule has 2 rings (SSSR count). The molecule has 0 amide bonds. The summed E-state index contributed by atoms with van der Waals surface area (Å²) < 4.78 is 5.25. The van der Waals surface area contributed by atoms with Gasteiger partial charge in [0, 0.05) is 11.8 Å². The summed E-state index contributed by atoms with van der Waals surface area (Å²) in [7, 11) is 0. The summed E-state index contributed by atoms with van der Waals surface area (Å²) in [5, 5.41) is 10.4. The molecular weight excluding hydrogens is 186 g/mol. The molecule has 0 aliphatic carbocycles. The van der Waals surface area contributed by atoms with Crippen molar-refractivity contribution in [2.75, 3.05) is 32.6 Å². The first-order valence-electron chi connectivity index (χ1n) is 4.84. The van der Waals surface area contributed by atoms with Crippen molar-refractivity contribution in [3.05, 3.63) is 0 Å². The van der Waals surface area contributed by atoms with Crippen LogP contribution in [0.25, 0.3) is 0 Å². The Morgan fingerprint density at radius 2 is 2.31 bits per heavy atom. The van der Waals surface area contributed by atoms with Crippen LogP contribution in [0, 0.1) is 0 Å². The number of likely N-dealkylation sites (tertiary alicyclic amines) is 1. The summed E-state index contributed by atoms with van der Waals surface area (Å²) >= 11 is 1.93. The molecule has 76 valence electrons. The molecule has 2 aliphatic heterocycles. The van der Waals surface area contributed by atoms with E-state index in [9.17, 15) is 5.11 Å². The Hall–Kier alpha value is 0.230. The van der Waals surface area contributed by atoms with Gasteiger partial charge in [0.25, 0.3) is 0 Å². The second-order valence-corrected chi connectivity index (χ2v) is 4.95. The molecule has 0 saturated carbocycles. The number of ether oxygens (including phenoxy) is 1. The van der Waals surface area contributed by atoms with Gasteiger partial charge in [0.15, 0.2) is 0 Å². The van der Waals surface area contributed by atoms with Crippen molar-refractivity contribution in [3.8, 4) is 0 Å². The van der Waals surface area contributed by atoms with E-state index in [4.69, 9.17) is 4.74 Å². The zero-order valence-electron chi connectivity index (χ0n) is 7.98. The van der Waals surface area contributed by atoms with E-state index in [0.29, 0.717) is 13.2 Å². The molecule has 0 radical (unpaired) electrons. The number of hydrogen-bond donors (Lipinski definition) is 1. The first kappa shape index (κ1) is 9.77. The Morgan fingerprint density at radius 3 is 2.85 bits per heavy atom. The Morgan fingerprint density at radius 1 is 1.46 bits per heavy atom. The minimum absolute atomic E-state index is 0.261. The third-order valence-electron chi connectivity index (χ3n) is 3.00. The van der Waals surface area contributed by atoms with Gasteiger partial charge in [0.05, 0.1) is 25.4 Å². The van der Waals surface area contributed by atoms with Crippen LogP contribution >= 0.6 is 11.8 Å². The standard InChI is InChI=1S/C9H17NO2S/c1-13-7-2-3-10(4-7)8-5-12-6-9(8)11/h7-9,11H,2-6H2,1H3/t7?,8-,9-/m1/s1. The Balaban J connectivity index is 1.88. The van der Waals surface area contributed by atoms with E-state index in [2.05, 4.69) is 11.2 Å². The SMILES string of the molecule is CSC1CCN([C@@H]2COC[C@H]2O)C1. The van der Waals surface area contributed by atoms with Gasteiger partial charge >= 0.3 is 0 Å². The molecule has 0 aromatic carbocycles. The van der Waals surface area contributed by atoms with Gasteiger partial charge in [0.2, 0.25) is 0 Å². The van der Waals surface area contributed by atoms with Crippen LogP contribution in [0.4, 0.5) is 0 Å². The molecular formula is C9H17NO2S. The Kier molecular flexibility index (Phi) is 3.14. The fourth-order valence-electron chi connectivity index (χ4n) is 2.13. The third-order valence-corrected chi connectivity index (χ3v) is 4.05. The van der Waals surface area contributed by atoms with Crippen molar-refractivity contribution >= 4 is 11.8 Å². The molecule has 4 heteroatoms. The predicted molar refractivity (Wildman–Crippen MR) is 54.1 cm³/mol. The van der Waals surface area contributed by atoms with Gasteiger partial charge in [-0.1, -0.05) is 0 Å². The van der Waals surface area contributed by atoms with E-state index in [1.165, 1.54) is 6.42 Å². The minimum Gasteiger partial charge on any atom is -0.389 e. The van der Waals surface area contributed by atoms with Crippen molar-refractivity contribution < 1.29 is 9.84 Å². The number of aliphatic hydroxyl groups excluding tert-OH is 1. The summed E-state index contributed by atoms with van der Waals surface area (Å²) in [6.07, 6.45) is 3.15. The van der Waals surface area contributed by atoms with Crippen LogP contribution in [0.1, 0.15) is 6.42 Å². The first-order chi connectivity index (χ1) is 6.31. The maximum atomic E-state index is 9.63. The van der Waals surface area contributed by atoms with E-state index in [-0.39, 0.29) is 12.1 Å². The average molecular weight is 203 g/mol. The largest absolute Gasteiger partial charge is 0.389 e. The number of nitrogens with zero attached hydrogens (tertiary/aromatic N) is 1. The van der Waals surface area contributed by atoms with E-state index >= 15 is 0 Å². The van der Waals surface area contributed by atoms with Crippen molar-refractivity contribution in [1.29, 1.82) is 0 Å². The molecule has 0 spiro atoms. The molecule has 2 aliphatic rings. The quantitative estimate of drug-likeness (QED) is 0.694. The topological polar surface area (TPSA) is 32.7 Å². The van der Waals surface area contributed by atoms with Gasteiger partial charge in [-0.25, -0.2) is 0 Å². The molecule has 1 N–H and O–H groups in total. The molecule has 0 bridgehead atoms. The van der Waals surface area contributed by atoms with Crippen LogP contribution in [0.15, 0.2) is 0 Å².